The molecule has 2 rings (SSSR count). The van der Waals surface area contributed by atoms with Crippen molar-refractivity contribution in [3.63, 3.8) is 0 Å². The Morgan fingerprint density at radius 3 is 2.64 bits per heavy atom. The highest BCUT2D eigenvalue weighted by atomic mass is 16.5. The van der Waals surface area contributed by atoms with Crippen molar-refractivity contribution in [1.29, 1.82) is 0 Å². The second-order valence-electron chi connectivity index (χ2n) is 3.84. The molecule has 0 atom stereocenters. The summed E-state index contributed by atoms with van der Waals surface area (Å²) in [7, 11) is 0. The van der Waals surface area contributed by atoms with Crippen LogP contribution in [0, 0.1) is 0 Å². The molecule has 76 valence electrons. The van der Waals surface area contributed by atoms with Gasteiger partial charge in [0, 0.05) is 12.1 Å². The Morgan fingerprint density at radius 1 is 1.21 bits per heavy atom. The van der Waals surface area contributed by atoms with Gasteiger partial charge >= 0.3 is 0 Å². The van der Waals surface area contributed by atoms with Gasteiger partial charge in [0.05, 0.1) is 6.10 Å². The molecule has 0 saturated heterocycles. The Bertz CT molecular complexity index is 292. The third-order valence-corrected chi connectivity index (χ3v) is 2.79. The van der Waals surface area contributed by atoms with Gasteiger partial charge in [-0.2, -0.15) is 0 Å². The van der Waals surface area contributed by atoms with Gasteiger partial charge in [0.1, 0.15) is 5.75 Å². The first-order valence-corrected chi connectivity index (χ1v) is 5.35. The molecule has 1 aliphatic rings. The normalized spacial score (nSPS) is 17.2. The van der Waals surface area contributed by atoms with E-state index in [2.05, 4.69) is 0 Å². The predicted molar refractivity (Wildman–Crippen MR) is 57.2 cm³/mol. The van der Waals surface area contributed by atoms with E-state index in [1.165, 1.54) is 25.7 Å². The number of rotatable bonds is 3. The average molecular weight is 191 g/mol. The first-order chi connectivity index (χ1) is 6.90. The molecule has 1 aromatic carbocycles. The molecular weight excluding hydrogens is 174 g/mol. The lowest BCUT2D eigenvalue weighted by atomic mass is 10.2. The smallest absolute Gasteiger partial charge is 0.124 e. The van der Waals surface area contributed by atoms with Crippen molar-refractivity contribution in [3.8, 4) is 5.75 Å². The number of para-hydroxylation sites is 1. The second-order valence-corrected chi connectivity index (χ2v) is 3.84. The molecule has 0 radical (unpaired) electrons. The molecule has 0 bridgehead atoms. The largest absolute Gasteiger partial charge is 0.490 e. The zero-order valence-corrected chi connectivity index (χ0v) is 8.41. The van der Waals surface area contributed by atoms with Crippen LogP contribution in [0.4, 0.5) is 0 Å². The summed E-state index contributed by atoms with van der Waals surface area (Å²) in [5.74, 6) is 0.974. The van der Waals surface area contributed by atoms with Crippen LogP contribution in [-0.4, -0.2) is 6.10 Å². The van der Waals surface area contributed by atoms with Crippen molar-refractivity contribution < 1.29 is 4.74 Å². The molecule has 0 heterocycles. The van der Waals surface area contributed by atoms with E-state index >= 15 is 0 Å². The molecule has 0 aliphatic heterocycles. The Hall–Kier alpha value is -1.02. The van der Waals surface area contributed by atoms with Crippen molar-refractivity contribution >= 4 is 0 Å². The number of benzene rings is 1. The number of ether oxygens (including phenoxy) is 1. The van der Waals surface area contributed by atoms with E-state index in [1.807, 2.05) is 24.3 Å². The summed E-state index contributed by atoms with van der Waals surface area (Å²) in [4.78, 5) is 0. The van der Waals surface area contributed by atoms with Crippen LogP contribution in [0.5, 0.6) is 5.75 Å². The highest BCUT2D eigenvalue weighted by Crippen LogP contribution is 2.26. The summed E-state index contributed by atoms with van der Waals surface area (Å²) in [6.07, 6.45) is 5.41. The van der Waals surface area contributed by atoms with Gasteiger partial charge in [-0.1, -0.05) is 18.2 Å². The molecule has 2 heteroatoms. The van der Waals surface area contributed by atoms with Crippen LogP contribution < -0.4 is 10.5 Å². The van der Waals surface area contributed by atoms with E-state index in [0.29, 0.717) is 12.6 Å². The summed E-state index contributed by atoms with van der Waals surface area (Å²) in [5.41, 5.74) is 6.76. The van der Waals surface area contributed by atoms with Crippen LogP contribution in [0.15, 0.2) is 24.3 Å². The molecule has 0 unspecified atom stereocenters. The lowest BCUT2D eigenvalue weighted by Gasteiger charge is -2.15. The number of nitrogens with two attached hydrogens (primary N) is 1. The minimum absolute atomic E-state index is 0.419. The van der Waals surface area contributed by atoms with Gasteiger partial charge in [0.25, 0.3) is 0 Å². The standard InChI is InChI=1S/C12H17NO/c13-9-10-5-1-4-8-12(10)14-11-6-2-3-7-11/h1,4-5,8,11H,2-3,6-7,9,13H2. The molecule has 14 heavy (non-hydrogen) atoms. The van der Waals surface area contributed by atoms with Crippen molar-refractivity contribution in [1.82, 2.24) is 0 Å². The van der Waals surface area contributed by atoms with E-state index in [9.17, 15) is 0 Å². The molecule has 0 spiro atoms. The van der Waals surface area contributed by atoms with Crippen molar-refractivity contribution in [2.75, 3.05) is 0 Å². The van der Waals surface area contributed by atoms with Gasteiger partial charge in [-0.15, -0.1) is 0 Å². The molecule has 0 amide bonds. The molecule has 1 aliphatic carbocycles. The maximum absolute atomic E-state index is 5.92. The summed E-state index contributed by atoms with van der Waals surface area (Å²) in [5, 5.41) is 0. The van der Waals surface area contributed by atoms with Crippen LogP contribution in [0.1, 0.15) is 31.2 Å². The lowest BCUT2D eigenvalue weighted by molar-refractivity contribution is 0.208. The molecule has 1 fully saturated rings. The topological polar surface area (TPSA) is 35.2 Å². The summed E-state index contributed by atoms with van der Waals surface area (Å²) < 4.78 is 5.92. The third kappa shape index (κ3) is 2.07. The van der Waals surface area contributed by atoms with Gasteiger partial charge in [0.2, 0.25) is 0 Å². The third-order valence-electron chi connectivity index (χ3n) is 2.79. The van der Waals surface area contributed by atoms with E-state index < -0.39 is 0 Å². The monoisotopic (exact) mass is 191 g/mol. The maximum Gasteiger partial charge on any atom is 0.124 e. The SMILES string of the molecule is NCc1ccccc1OC1CCCC1. The Balaban J connectivity index is 2.07. The van der Waals surface area contributed by atoms with Crippen molar-refractivity contribution in [2.24, 2.45) is 5.73 Å². The zero-order valence-electron chi connectivity index (χ0n) is 8.41. The maximum atomic E-state index is 5.92. The first-order valence-electron chi connectivity index (χ1n) is 5.35. The Labute approximate surface area is 85.1 Å². The van der Waals surface area contributed by atoms with Gasteiger partial charge < -0.3 is 10.5 Å². The minimum atomic E-state index is 0.419. The van der Waals surface area contributed by atoms with Gasteiger partial charge in [0.15, 0.2) is 0 Å². The average Bonchev–Trinajstić information content (AvgIpc) is 2.71. The van der Waals surface area contributed by atoms with Crippen LogP contribution in [0.2, 0.25) is 0 Å². The number of hydrogen-bond donors (Lipinski definition) is 1. The summed E-state index contributed by atoms with van der Waals surface area (Å²) >= 11 is 0. The van der Waals surface area contributed by atoms with Crippen molar-refractivity contribution in [3.05, 3.63) is 29.8 Å². The van der Waals surface area contributed by atoms with Crippen LogP contribution >= 0.6 is 0 Å². The Morgan fingerprint density at radius 2 is 1.93 bits per heavy atom. The van der Waals surface area contributed by atoms with Gasteiger partial charge in [-0.05, 0) is 31.7 Å². The second kappa shape index (κ2) is 4.47. The fourth-order valence-electron chi connectivity index (χ4n) is 1.97. The fourth-order valence-corrected chi connectivity index (χ4v) is 1.97. The summed E-state index contributed by atoms with van der Waals surface area (Å²) in [6, 6.07) is 8.05. The van der Waals surface area contributed by atoms with E-state index in [1.54, 1.807) is 0 Å². The highest BCUT2D eigenvalue weighted by Gasteiger charge is 2.17. The molecule has 0 aromatic heterocycles. The lowest BCUT2D eigenvalue weighted by Crippen LogP contribution is -2.13. The zero-order chi connectivity index (χ0) is 9.80. The van der Waals surface area contributed by atoms with Crippen LogP contribution in [-0.2, 0) is 6.54 Å². The van der Waals surface area contributed by atoms with Crippen LogP contribution in [0.25, 0.3) is 0 Å². The highest BCUT2D eigenvalue weighted by molar-refractivity contribution is 5.33. The quantitative estimate of drug-likeness (QED) is 0.796. The van der Waals surface area contributed by atoms with Gasteiger partial charge in [-0.25, -0.2) is 0 Å². The Kier molecular flexibility index (Phi) is 3.04. The molecule has 2 nitrogen and oxygen atoms in total. The molecule has 2 N–H and O–H groups in total. The van der Waals surface area contributed by atoms with E-state index in [-0.39, 0.29) is 0 Å². The molecule has 1 saturated carbocycles. The van der Waals surface area contributed by atoms with E-state index in [0.717, 1.165) is 11.3 Å². The predicted octanol–water partition coefficient (Wildman–Crippen LogP) is 2.47. The van der Waals surface area contributed by atoms with Crippen LogP contribution in [0.3, 0.4) is 0 Å². The minimum Gasteiger partial charge on any atom is -0.490 e. The summed E-state index contributed by atoms with van der Waals surface area (Å²) in [6.45, 7) is 0.558. The first kappa shape index (κ1) is 9.53. The fraction of sp³-hybridized carbons (Fsp3) is 0.500. The number of hydrogen-bond acceptors (Lipinski definition) is 2. The molecular formula is C12H17NO. The van der Waals surface area contributed by atoms with E-state index in [4.69, 9.17) is 10.5 Å². The van der Waals surface area contributed by atoms with Gasteiger partial charge in [-0.3, -0.25) is 0 Å². The molecule has 1 aromatic rings. The van der Waals surface area contributed by atoms with Crippen molar-refractivity contribution in [2.45, 2.75) is 38.3 Å².